The van der Waals surface area contributed by atoms with Gasteiger partial charge in [-0.3, -0.25) is 4.79 Å². The van der Waals surface area contributed by atoms with Crippen LogP contribution in [0, 0.1) is 5.92 Å². The Kier molecular flexibility index (Phi) is 5.43. The van der Waals surface area contributed by atoms with E-state index in [1.54, 1.807) is 25.4 Å². The fraction of sp³-hybridized carbons (Fsp3) is 0.421. The Morgan fingerprint density at radius 1 is 1.41 bits per heavy atom. The van der Waals surface area contributed by atoms with Crippen molar-refractivity contribution < 1.29 is 9.53 Å². The highest BCUT2D eigenvalue weighted by Gasteiger charge is 2.29. The third-order valence-electron chi connectivity index (χ3n) is 4.93. The Hall–Kier alpha value is -1.96. The molecule has 8 heteroatoms. The molecule has 0 N–H and O–H groups in total. The van der Waals surface area contributed by atoms with Gasteiger partial charge in [0, 0.05) is 39.4 Å². The number of nitrogens with zero attached hydrogens (tertiary/aromatic N) is 4. The van der Waals surface area contributed by atoms with Crippen molar-refractivity contribution in [2.45, 2.75) is 19.4 Å². The van der Waals surface area contributed by atoms with E-state index in [0.29, 0.717) is 21.7 Å². The summed E-state index contributed by atoms with van der Waals surface area (Å²) >= 11 is 7.30. The molecule has 1 unspecified atom stereocenters. The molecule has 1 aliphatic heterocycles. The van der Waals surface area contributed by atoms with Crippen LogP contribution in [0.5, 0.6) is 0 Å². The van der Waals surface area contributed by atoms with Gasteiger partial charge in [0.25, 0.3) is 5.91 Å². The number of carbonyl (C=O) groups excluding carboxylic acids is 1. The van der Waals surface area contributed by atoms with Gasteiger partial charge in [-0.1, -0.05) is 11.6 Å². The van der Waals surface area contributed by atoms with Crippen molar-refractivity contribution in [2.24, 2.45) is 5.92 Å². The molecule has 0 aromatic carbocycles. The molecule has 1 atom stereocenters. The van der Waals surface area contributed by atoms with Crippen LogP contribution in [0.15, 0.2) is 30.5 Å². The van der Waals surface area contributed by atoms with Crippen molar-refractivity contribution in [2.75, 3.05) is 26.8 Å². The first-order valence-electron chi connectivity index (χ1n) is 8.99. The van der Waals surface area contributed by atoms with Gasteiger partial charge in [-0.2, -0.15) is 0 Å². The summed E-state index contributed by atoms with van der Waals surface area (Å²) in [6.07, 6.45) is 3.60. The lowest BCUT2D eigenvalue weighted by atomic mass is 10.0. The van der Waals surface area contributed by atoms with Crippen molar-refractivity contribution in [3.8, 4) is 0 Å². The van der Waals surface area contributed by atoms with E-state index in [1.165, 1.54) is 11.3 Å². The Labute approximate surface area is 166 Å². The molecule has 0 radical (unpaired) electrons. The van der Waals surface area contributed by atoms with E-state index >= 15 is 0 Å². The number of thiophene rings is 1. The number of ether oxygens (including phenoxy) is 1. The number of carbonyl (C=O) groups is 1. The second-order valence-corrected chi connectivity index (χ2v) is 8.45. The molecule has 27 heavy (non-hydrogen) atoms. The molecule has 1 amide bonds. The Morgan fingerprint density at radius 2 is 2.30 bits per heavy atom. The lowest BCUT2D eigenvalue weighted by Gasteiger charge is -2.16. The number of fused-ring (bicyclic) bond motifs is 1. The third-order valence-corrected chi connectivity index (χ3v) is 6.15. The zero-order valence-corrected chi connectivity index (χ0v) is 16.7. The highest BCUT2D eigenvalue weighted by atomic mass is 35.5. The van der Waals surface area contributed by atoms with Crippen molar-refractivity contribution in [3.63, 3.8) is 0 Å². The molecule has 0 spiro atoms. The van der Waals surface area contributed by atoms with Gasteiger partial charge < -0.3 is 14.2 Å². The van der Waals surface area contributed by atoms with Gasteiger partial charge in [-0.15, -0.1) is 11.3 Å². The van der Waals surface area contributed by atoms with Crippen LogP contribution in [0.4, 0.5) is 0 Å². The Morgan fingerprint density at radius 3 is 3.07 bits per heavy atom. The number of pyridine rings is 1. The molecule has 0 bridgehead atoms. The molecule has 1 aliphatic rings. The average Bonchev–Trinajstić information content (AvgIpc) is 3.38. The first kappa shape index (κ1) is 18.4. The minimum Gasteiger partial charge on any atom is -0.383 e. The number of hydrogen-bond donors (Lipinski definition) is 0. The molecule has 142 valence electrons. The predicted molar refractivity (Wildman–Crippen MR) is 106 cm³/mol. The molecule has 1 fully saturated rings. The Balaban J connectivity index is 1.49. The maximum absolute atomic E-state index is 12.6. The molecular formula is C19H21ClN4O2S. The van der Waals surface area contributed by atoms with Crippen molar-refractivity contribution >= 4 is 40.0 Å². The minimum atomic E-state index is 0.0731. The molecule has 6 nitrogen and oxygen atoms in total. The normalized spacial score (nSPS) is 17.1. The number of amides is 1. The lowest BCUT2D eigenvalue weighted by Crippen LogP contribution is -2.28. The fourth-order valence-corrected chi connectivity index (χ4v) is 4.62. The van der Waals surface area contributed by atoms with Crippen LogP contribution in [-0.4, -0.2) is 52.1 Å². The van der Waals surface area contributed by atoms with Crippen LogP contribution < -0.4 is 0 Å². The standard InChI is InChI=1S/C19H21ClN4O2S/c1-26-10-9-24-17(22-14-3-2-7-21-18(14)24)11-13-6-8-23(12-13)19(25)15-4-5-16(20)27-15/h2-5,7,13H,6,8-12H2,1H3. The van der Waals surface area contributed by atoms with E-state index in [-0.39, 0.29) is 5.91 Å². The molecule has 4 heterocycles. The molecule has 4 rings (SSSR count). The van der Waals surface area contributed by atoms with Crippen LogP contribution in [-0.2, 0) is 17.7 Å². The molecule has 0 aliphatic carbocycles. The summed E-state index contributed by atoms with van der Waals surface area (Å²) in [6, 6.07) is 7.47. The zero-order chi connectivity index (χ0) is 18.8. The lowest BCUT2D eigenvalue weighted by molar-refractivity contribution is 0.0791. The summed E-state index contributed by atoms with van der Waals surface area (Å²) in [6.45, 7) is 2.86. The van der Waals surface area contributed by atoms with E-state index in [0.717, 1.165) is 49.5 Å². The summed E-state index contributed by atoms with van der Waals surface area (Å²) in [7, 11) is 1.70. The summed E-state index contributed by atoms with van der Waals surface area (Å²) in [4.78, 5) is 24.5. The number of hydrogen-bond acceptors (Lipinski definition) is 5. The van der Waals surface area contributed by atoms with E-state index < -0.39 is 0 Å². The molecule has 0 saturated carbocycles. The number of imidazole rings is 1. The number of methoxy groups -OCH3 is 1. The van der Waals surface area contributed by atoms with E-state index in [9.17, 15) is 4.79 Å². The quantitative estimate of drug-likeness (QED) is 0.630. The van der Waals surface area contributed by atoms with Gasteiger partial charge >= 0.3 is 0 Å². The number of aromatic nitrogens is 3. The second-order valence-electron chi connectivity index (χ2n) is 6.73. The van der Waals surface area contributed by atoms with Gasteiger partial charge in [0.15, 0.2) is 5.65 Å². The fourth-order valence-electron chi connectivity index (χ4n) is 3.61. The average molecular weight is 405 g/mol. The van der Waals surface area contributed by atoms with Gasteiger partial charge in [0.2, 0.25) is 0 Å². The van der Waals surface area contributed by atoms with Gasteiger partial charge in [0.1, 0.15) is 11.3 Å². The monoisotopic (exact) mass is 404 g/mol. The van der Waals surface area contributed by atoms with Crippen LogP contribution in [0.3, 0.4) is 0 Å². The number of halogens is 1. The van der Waals surface area contributed by atoms with Gasteiger partial charge in [0.05, 0.1) is 15.8 Å². The van der Waals surface area contributed by atoms with Gasteiger partial charge in [-0.25, -0.2) is 9.97 Å². The molecular weight excluding hydrogens is 384 g/mol. The first-order chi connectivity index (χ1) is 13.2. The Bertz CT molecular complexity index is 954. The van der Waals surface area contributed by atoms with Gasteiger partial charge in [-0.05, 0) is 36.6 Å². The maximum Gasteiger partial charge on any atom is 0.263 e. The van der Waals surface area contributed by atoms with E-state index in [2.05, 4.69) is 9.55 Å². The SMILES string of the molecule is COCCn1c(CC2CCN(C(=O)c3ccc(Cl)s3)C2)nc2cccnc21. The highest BCUT2D eigenvalue weighted by Crippen LogP contribution is 2.27. The van der Waals surface area contributed by atoms with Crippen LogP contribution in [0.2, 0.25) is 4.34 Å². The number of rotatable bonds is 6. The predicted octanol–water partition coefficient (Wildman–Crippen LogP) is 3.50. The largest absolute Gasteiger partial charge is 0.383 e. The second kappa shape index (κ2) is 7.96. The summed E-state index contributed by atoms with van der Waals surface area (Å²) in [5.74, 6) is 1.48. The van der Waals surface area contributed by atoms with Crippen LogP contribution >= 0.6 is 22.9 Å². The maximum atomic E-state index is 12.6. The third kappa shape index (κ3) is 3.85. The molecule has 3 aromatic rings. The number of likely N-dealkylation sites (tertiary alicyclic amines) is 1. The van der Waals surface area contributed by atoms with Crippen LogP contribution in [0.25, 0.3) is 11.2 Å². The van der Waals surface area contributed by atoms with Crippen LogP contribution in [0.1, 0.15) is 21.9 Å². The smallest absolute Gasteiger partial charge is 0.263 e. The van der Waals surface area contributed by atoms with Crippen molar-refractivity contribution in [1.29, 1.82) is 0 Å². The van der Waals surface area contributed by atoms with E-state index in [1.807, 2.05) is 17.0 Å². The zero-order valence-electron chi connectivity index (χ0n) is 15.1. The van der Waals surface area contributed by atoms with Crippen molar-refractivity contribution in [3.05, 3.63) is 45.5 Å². The topological polar surface area (TPSA) is 60.2 Å². The first-order valence-corrected chi connectivity index (χ1v) is 10.2. The highest BCUT2D eigenvalue weighted by molar-refractivity contribution is 7.17. The summed E-state index contributed by atoms with van der Waals surface area (Å²) < 4.78 is 8.04. The molecule has 1 saturated heterocycles. The summed E-state index contributed by atoms with van der Waals surface area (Å²) in [5, 5.41) is 0. The summed E-state index contributed by atoms with van der Waals surface area (Å²) in [5.41, 5.74) is 1.80. The van der Waals surface area contributed by atoms with E-state index in [4.69, 9.17) is 21.3 Å². The molecule has 3 aromatic heterocycles. The minimum absolute atomic E-state index is 0.0731. The van der Waals surface area contributed by atoms with Crippen molar-refractivity contribution in [1.82, 2.24) is 19.4 Å².